The minimum Gasteiger partial charge on any atom is -0.465 e. The van der Waals surface area contributed by atoms with Gasteiger partial charge in [0, 0.05) is 88.5 Å². The van der Waals surface area contributed by atoms with Crippen molar-refractivity contribution in [2.45, 2.75) is 65.5 Å². The predicted molar refractivity (Wildman–Crippen MR) is 232 cm³/mol. The van der Waals surface area contributed by atoms with Crippen molar-refractivity contribution >= 4 is 69.2 Å². The maximum absolute atomic E-state index is 12.2. The van der Waals surface area contributed by atoms with Crippen molar-refractivity contribution in [1.29, 1.82) is 0 Å². The number of ether oxygens (including phenoxy) is 2. The van der Waals surface area contributed by atoms with Gasteiger partial charge in [-0.1, -0.05) is 70.2 Å². The first-order chi connectivity index (χ1) is 27.4. The summed E-state index contributed by atoms with van der Waals surface area (Å²) in [6.07, 6.45) is 19.4. The highest BCUT2D eigenvalue weighted by Gasteiger charge is 2.14. The number of carbonyl (C=O) groups is 2. The molecule has 2 saturated heterocycles. The largest absolute Gasteiger partial charge is 0.465 e. The average molecular weight is 793 g/mol. The Morgan fingerprint density at radius 3 is 1.32 bits per heavy atom. The van der Waals surface area contributed by atoms with Crippen LogP contribution in [0.25, 0.3) is 24.3 Å². The fraction of sp³-hybridized carbons (Fsp3) is 0.391. The lowest BCUT2D eigenvalue weighted by atomic mass is 10.1. The summed E-state index contributed by atoms with van der Waals surface area (Å²) in [6, 6.07) is 26.2. The molecule has 0 N–H and O–H groups in total. The summed E-state index contributed by atoms with van der Waals surface area (Å²) < 4.78 is 15.2. The second-order valence-electron chi connectivity index (χ2n) is 14.5. The smallest absolute Gasteiger partial charge is 0.316 e. The number of benzene rings is 2. The van der Waals surface area contributed by atoms with Gasteiger partial charge in [0.05, 0.1) is 13.2 Å². The van der Waals surface area contributed by atoms with E-state index >= 15 is 0 Å². The van der Waals surface area contributed by atoms with Crippen LogP contribution in [0, 0.1) is 13.8 Å². The summed E-state index contributed by atoms with van der Waals surface area (Å²) in [4.78, 5) is 29.4. The summed E-state index contributed by atoms with van der Waals surface area (Å²) >= 11 is 0. The summed E-state index contributed by atoms with van der Waals surface area (Å²) in [5.41, 5.74) is 9.62. The van der Waals surface area contributed by atoms with Crippen LogP contribution in [0.15, 0.2) is 85.2 Å². The van der Waals surface area contributed by atoms with Crippen LogP contribution in [0.2, 0.25) is 0 Å². The number of pyridine rings is 2. The van der Waals surface area contributed by atoms with Crippen molar-refractivity contribution in [3.8, 4) is 0 Å². The van der Waals surface area contributed by atoms with Crippen LogP contribution in [-0.2, 0) is 32.2 Å². The Morgan fingerprint density at radius 1 is 0.571 bits per heavy atom. The third kappa shape index (κ3) is 13.0. The van der Waals surface area contributed by atoms with Gasteiger partial charge in [-0.15, -0.1) is 0 Å². The molecule has 0 radical (unpaired) electrons. The zero-order valence-electron chi connectivity index (χ0n) is 32.9. The number of hydrogen-bond acceptors (Lipinski definition) is 8. The first-order valence-corrected chi connectivity index (χ1v) is 22.5. The standard InChI is InChI=1S/C46H56N4O4S2/c1-37-33-41(11-9-39-13-17-43(18-14-39)49-23-3-4-24-49)21-29-47(37)27-7-31-53-45(51)35-55-56-36-46(52)54-32-8-28-48-30-22-42(34-38(48)2)12-10-40-15-19-44(20-16-40)50-25-5-6-26-50/h9-22,29-30,33-34H,3-8,23-28,31-32,35-36H2,1-2H3/q+2. The first kappa shape index (κ1) is 41.1. The summed E-state index contributed by atoms with van der Waals surface area (Å²) in [5, 5.41) is 0. The molecule has 0 aliphatic carbocycles. The van der Waals surface area contributed by atoms with Crippen LogP contribution < -0.4 is 18.9 Å². The van der Waals surface area contributed by atoms with Gasteiger partial charge in [0.1, 0.15) is 11.5 Å². The minimum atomic E-state index is -0.271. The van der Waals surface area contributed by atoms with E-state index < -0.39 is 0 Å². The summed E-state index contributed by atoms with van der Waals surface area (Å²) in [5.74, 6) is -0.157. The Morgan fingerprint density at radius 2 is 0.946 bits per heavy atom. The molecule has 6 rings (SSSR count). The van der Waals surface area contributed by atoms with Crippen molar-refractivity contribution in [3.05, 3.63) is 119 Å². The van der Waals surface area contributed by atoms with Gasteiger partial charge < -0.3 is 19.3 Å². The van der Waals surface area contributed by atoms with Crippen LogP contribution in [-0.4, -0.2) is 62.8 Å². The van der Waals surface area contributed by atoms with Crippen LogP contribution in [0.5, 0.6) is 0 Å². The summed E-state index contributed by atoms with van der Waals surface area (Å²) in [6.45, 7) is 11.1. The maximum Gasteiger partial charge on any atom is 0.316 e. The van der Waals surface area contributed by atoms with E-state index in [1.807, 2.05) is 0 Å². The van der Waals surface area contributed by atoms with E-state index in [0.29, 0.717) is 13.2 Å². The van der Waals surface area contributed by atoms with Crippen molar-refractivity contribution in [3.63, 3.8) is 0 Å². The van der Waals surface area contributed by atoms with Gasteiger partial charge in [-0.25, -0.2) is 9.13 Å². The molecule has 0 unspecified atom stereocenters. The lowest BCUT2D eigenvalue weighted by Gasteiger charge is -2.17. The molecule has 0 amide bonds. The van der Waals surface area contributed by atoms with Crippen LogP contribution in [0.3, 0.4) is 0 Å². The Hall–Kier alpha value is -4.54. The number of rotatable bonds is 19. The highest BCUT2D eigenvalue weighted by Crippen LogP contribution is 2.23. The van der Waals surface area contributed by atoms with E-state index in [0.717, 1.165) is 74.6 Å². The molecule has 0 bridgehead atoms. The van der Waals surface area contributed by atoms with Gasteiger partial charge in [0.15, 0.2) is 36.9 Å². The minimum absolute atomic E-state index is 0.193. The topological polar surface area (TPSA) is 66.8 Å². The van der Waals surface area contributed by atoms with Gasteiger partial charge in [0.25, 0.3) is 0 Å². The number of aromatic nitrogens is 2. The number of nitrogens with zero attached hydrogens (tertiary/aromatic N) is 4. The summed E-state index contributed by atoms with van der Waals surface area (Å²) in [7, 11) is 2.64. The van der Waals surface area contributed by atoms with E-state index in [9.17, 15) is 9.59 Å². The fourth-order valence-corrected chi connectivity index (χ4v) is 8.68. The molecular weight excluding hydrogens is 737 g/mol. The van der Waals surface area contributed by atoms with Crippen molar-refractivity contribution < 1.29 is 28.2 Å². The molecule has 2 aliphatic heterocycles. The van der Waals surface area contributed by atoms with E-state index in [-0.39, 0.29) is 23.4 Å². The molecule has 2 aliphatic rings. The SMILES string of the molecule is Cc1cc(/C=C/c2ccc(N3CCCC3)cc2)cc[n+]1CCCOC(=O)CSSCC(=O)OCCC[n+]1ccc(/C=C/c2ccc(N3CCCC3)cc2)cc1C. The third-order valence-electron chi connectivity index (χ3n) is 10.3. The molecule has 4 heterocycles. The van der Waals surface area contributed by atoms with Crippen molar-refractivity contribution in [1.82, 2.24) is 0 Å². The Kier molecular flexibility index (Phi) is 15.9. The zero-order valence-corrected chi connectivity index (χ0v) is 34.6. The van der Waals surface area contributed by atoms with Crippen LogP contribution in [0.4, 0.5) is 11.4 Å². The van der Waals surface area contributed by atoms with Gasteiger partial charge in [-0.05, 0) is 72.2 Å². The van der Waals surface area contributed by atoms with Gasteiger partial charge in [0.2, 0.25) is 0 Å². The molecule has 0 atom stereocenters. The van der Waals surface area contributed by atoms with E-state index in [1.165, 1.54) is 69.8 Å². The van der Waals surface area contributed by atoms with Crippen LogP contribution >= 0.6 is 21.6 Å². The number of esters is 2. The Bertz CT molecular complexity index is 1790. The lowest BCUT2D eigenvalue weighted by Crippen LogP contribution is -2.37. The third-order valence-corrected chi connectivity index (χ3v) is 12.3. The van der Waals surface area contributed by atoms with E-state index in [2.05, 4.69) is 142 Å². The Balaban J connectivity index is 0.789. The average Bonchev–Trinajstić information content (AvgIpc) is 3.96. The second-order valence-corrected chi connectivity index (χ2v) is 17.0. The monoisotopic (exact) mass is 792 g/mol. The highest BCUT2D eigenvalue weighted by atomic mass is 33.1. The first-order valence-electron chi connectivity index (χ1n) is 20.0. The lowest BCUT2D eigenvalue weighted by molar-refractivity contribution is -0.703. The predicted octanol–water partition coefficient (Wildman–Crippen LogP) is 8.37. The zero-order chi connectivity index (χ0) is 39.0. The Labute approximate surface area is 341 Å². The molecule has 2 aromatic heterocycles. The van der Waals surface area contributed by atoms with Crippen LogP contribution in [0.1, 0.15) is 72.2 Å². The number of anilines is 2. The van der Waals surface area contributed by atoms with E-state index in [4.69, 9.17) is 9.47 Å². The second kappa shape index (κ2) is 21.7. The maximum atomic E-state index is 12.2. The quantitative estimate of drug-likeness (QED) is 0.0407. The molecule has 0 spiro atoms. The van der Waals surface area contributed by atoms with Gasteiger partial charge in [-0.3, -0.25) is 9.59 Å². The molecule has 294 valence electrons. The number of aryl methyl sites for hydroxylation is 4. The molecule has 2 fully saturated rings. The molecule has 10 heteroatoms. The molecule has 8 nitrogen and oxygen atoms in total. The van der Waals surface area contributed by atoms with Gasteiger partial charge in [-0.2, -0.15) is 0 Å². The molecule has 2 aromatic carbocycles. The molecular formula is C46H56N4O4S2+2. The number of carbonyl (C=O) groups excluding carboxylic acids is 2. The molecule has 4 aromatic rings. The molecule has 56 heavy (non-hydrogen) atoms. The molecule has 0 saturated carbocycles. The van der Waals surface area contributed by atoms with E-state index in [1.54, 1.807) is 0 Å². The number of hydrogen-bond donors (Lipinski definition) is 0. The van der Waals surface area contributed by atoms with Crippen molar-refractivity contribution in [2.24, 2.45) is 0 Å². The fourth-order valence-electron chi connectivity index (χ4n) is 7.07. The normalized spacial score (nSPS) is 14.3. The van der Waals surface area contributed by atoms with Gasteiger partial charge >= 0.3 is 11.9 Å². The van der Waals surface area contributed by atoms with Crippen molar-refractivity contribution in [2.75, 3.05) is 60.7 Å². The highest BCUT2D eigenvalue weighted by molar-refractivity contribution is 8.77.